The summed E-state index contributed by atoms with van der Waals surface area (Å²) in [5.41, 5.74) is 4.24. The molecule has 0 spiro atoms. The van der Waals surface area contributed by atoms with Gasteiger partial charge < -0.3 is 14.1 Å². The quantitative estimate of drug-likeness (QED) is 0.706. The molecular formula is C25H35N3O3. The van der Waals surface area contributed by atoms with Gasteiger partial charge in [0.25, 0.3) is 0 Å². The van der Waals surface area contributed by atoms with Crippen LogP contribution in [0, 0.1) is 26.7 Å². The second kappa shape index (κ2) is 9.43. The van der Waals surface area contributed by atoms with Gasteiger partial charge in [0.2, 0.25) is 11.8 Å². The maximum Gasteiger partial charge on any atom is 0.226 e. The van der Waals surface area contributed by atoms with Crippen LogP contribution in [0.15, 0.2) is 16.5 Å². The maximum absolute atomic E-state index is 12.8. The number of hydrogen-bond acceptors (Lipinski definition) is 5. The van der Waals surface area contributed by atoms with Gasteiger partial charge in [-0.15, -0.1) is 0 Å². The largest absolute Gasteiger partial charge is 0.496 e. The summed E-state index contributed by atoms with van der Waals surface area (Å²) < 4.78 is 11.5. The zero-order valence-corrected chi connectivity index (χ0v) is 19.4. The van der Waals surface area contributed by atoms with Crippen molar-refractivity contribution in [3.8, 4) is 17.2 Å². The number of oxazole rings is 1. The number of hydrogen-bond donors (Lipinski definition) is 0. The van der Waals surface area contributed by atoms with E-state index >= 15 is 0 Å². The molecule has 2 aliphatic heterocycles. The molecule has 1 aromatic heterocycles. The lowest BCUT2D eigenvalue weighted by Gasteiger charge is -2.35. The fourth-order valence-corrected chi connectivity index (χ4v) is 4.86. The number of ether oxygens (including phenoxy) is 1. The number of likely N-dealkylation sites (tertiary alicyclic amines) is 2. The number of benzene rings is 1. The van der Waals surface area contributed by atoms with E-state index in [2.05, 4.69) is 23.6 Å². The minimum absolute atomic E-state index is 0.188. The zero-order chi connectivity index (χ0) is 22.0. The highest BCUT2D eigenvalue weighted by Crippen LogP contribution is 2.32. The number of amides is 1. The molecule has 168 valence electrons. The highest BCUT2D eigenvalue weighted by molar-refractivity contribution is 5.79. The van der Waals surface area contributed by atoms with Gasteiger partial charge in [-0.2, -0.15) is 0 Å². The summed E-state index contributed by atoms with van der Waals surface area (Å²) in [5.74, 6) is 2.99. The summed E-state index contributed by atoms with van der Waals surface area (Å²) in [6.45, 7) is 10.7. The predicted molar refractivity (Wildman–Crippen MR) is 121 cm³/mol. The number of methoxy groups -OCH3 is 1. The summed E-state index contributed by atoms with van der Waals surface area (Å²) >= 11 is 0. The van der Waals surface area contributed by atoms with Gasteiger partial charge in [0.1, 0.15) is 11.5 Å². The van der Waals surface area contributed by atoms with E-state index in [1.54, 1.807) is 7.11 Å². The van der Waals surface area contributed by atoms with E-state index in [-0.39, 0.29) is 5.92 Å². The molecule has 0 bridgehead atoms. The first-order chi connectivity index (χ1) is 15.0. The Hall–Kier alpha value is -2.34. The van der Waals surface area contributed by atoms with Crippen molar-refractivity contribution in [2.75, 3.05) is 33.3 Å². The van der Waals surface area contributed by atoms with Crippen LogP contribution in [-0.2, 0) is 11.3 Å². The van der Waals surface area contributed by atoms with Crippen LogP contribution in [0.2, 0.25) is 0 Å². The molecule has 0 aliphatic carbocycles. The van der Waals surface area contributed by atoms with Crippen molar-refractivity contribution in [3.63, 3.8) is 0 Å². The molecule has 31 heavy (non-hydrogen) atoms. The fourth-order valence-electron chi connectivity index (χ4n) is 4.86. The van der Waals surface area contributed by atoms with E-state index < -0.39 is 0 Å². The fraction of sp³-hybridized carbons (Fsp3) is 0.600. The molecule has 3 heterocycles. The van der Waals surface area contributed by atoms with Crippen molar-refractivity contribution >= 4 is 5.91 Å². The maximum atomic E-state index is 12.8. The Morgan fingerprint density at radius 1 is 1.06 bits per heavy atom. The molecule has 0 unspecified atom stereocenters. The highest BCUT2D eigenvalue weighted by atomic mass is 16.5. The lowest BCUT2D eigenvalue weighted by molar-refractivity contribution is -0.138. The molecule has 0 N–H and O–H groups in total. The Morgan fingerprint density at radius 2 is 1.77 bits per heavy atom. The summed E-state index contributed by atoms with van der Waals surface area (Å²) in [4.78, 5) is 22.1. The molecule has 2 saturated heterocycles. The Labute approximate surface area is 185 Å². The van der Waals surface area contributed by atoms with Gasteiger partial charge in [-0.25, -0.2) is 4.98 Å². The molecule has 4 rings (SSSR count). The second-order valence-corrected chi connectivity index (χ2v) is 9.02. The van der Waals surface area contributed by atoms with Gasteiger partial charge in [0, 0.05) is 31.1 Å². The SMILES string of the molecule is COc1ccc(-c2nc(CN3CCC(C(=O)N4CCCCC4)CC3)c(C)o2)c(C)c1C. The molecule has 6 heteroatoms. The normalized spacial score (nSPS) is 18.4. The number of rotatable bonds is 5. The smallest absolute Gasteiger partial charge is 0.226 e. The lowest BCUT2D eigenvalue weighted by atomic mass is 9.94. The van der Waals surface area contributed by atoms with Crippen molar-refractivity contribution in [3.05, 3.63) is 34.7 Å². The van der Waals surface area contributed by atoms with Crippen LogP contribution >= 0.6 is 0 Å². The molecule has 6 nitrogen and oxygen atoms in total. The number of nitrogens with zero attached hydrogens (tertiary/aromatic N) is 3. The van der Waals surface area contributed by atoms with Crippen LogP contribution < -0.4 is 4.74 Å². The van der Waals surface area contributed by atoms with Crippen molar-refractivity contribution in [1.29, 1.82) is 0 Å². The first kappa shape index (κ1) is 21.9. The van der Waals surface area contributed by atoms with E-state index in [1.165, 1.54) is 6.42 Å². The molecule has 2 aliphatic rings. The summed E-state index contributed by atoms with van der Waals surface area (Å²) in [5, 5.41) is 0. The second-order valence-electron chi connectivity index (χ2n) is 9.02. The van der Waals surface area contributed by atoms with Gasteiger partial charge in [-0.05, 0) is 89.2 Å². The molecule has 2 aromatic rings. The van der Waals surface area contributed by atoms with Crippen LogP contribution in [0.25, 0.3) is 11.5 Å². The molecular weight excluding hydrogens is 390 g/mol. The standard InChI is InChI=1S/C25H35N3O3/c1-17-18(2)23(30-4)9-8-21(17)24-26-22(19(3)31-24)16-27-14-10-20(11-15-27)25(29)28-12-6-5-7-13-28/h8-9,20H,5-7,10-16H2,1-4H3. The minimum atomic E-state index is 0.188. The number of carbonyl (C=O) groups excluding carboxylic acids is 1. The number of aromatic nitrogens is 1. The number of aryl methyl sites for hydroxylation is 1. The monoisotopic (exact) mass is 425 g/mol. The van der Waals surface area contributed by atoms with Crippen LogP contribution in [0.4, 0.5) is 0 Å². The van der Waals surface area contributed by atoms with Gasteiger partial charge in [0.15, 0.2) is 0 Å². The van der Waals surface area contributed by atoms with Gasteiger partial charge in [-0.3, -0.25) is 9.69 Å². The van der Waals surface area contributed by atoms with Crippen molar-refractivity contribution in [1.82, 2.24) is 14.8 Å². The third kappa shape index (κ3) is 4.64. The molecule has 0 atom stereocenters. The van der Waals surface area contributed by atoms with E-state index in [1.807, 2.05) is 19.1 Å². The Morgan fingerprint density at radius 3 is 2.45 bits per heavy atom. The van der Waals surface area contributed by atoms with Crippen LogP contribution in [-0.4, -0.2) is 54.0 Å². The van der Waals surface area contributed by atoms with Crippen molar-refractivity contribution in [2.24, 2.45) is 5.92 Å². The van der Waals surface area contributed by atoms with Crippen LogP contribution in [0.3, 0.4) is 0 Å². The third-order valence-electron chi connectivity index (χ3n) is 7.06. The Bertz CT molecular complexity index is 922. The lowest BCUT2D eigenvalue weighted by Crippen LogP contribution is -2.44. The van der Waals surface area contributed by atoms with E-state index in [0.29, 0.717) is 11.8 Å². The number of piperidine rings is 2. The van der Waals surface area contributed by atoms with Crippen molar-refractivity contribution < 1.29 is 13.9 Å². The summed E-state index contributed by atoms with van der Waals surface area (Å²) in [7, 11) is 1.69. The molecule has 1 aromatic carbocycles. The first-order valence-electron chi connectivity index (χ1n) is 11.6. The average molecular weight is 426 g/mol. The van der Waals surface area contributed by atoms with Gasteiger partial charge >= 0.3 is 0 Å². The van der Waals surface area contributed by atoms with Crippen LogP contribution in [0.5, 0.6) is 5.75 Å². The third-order valence-corrected chi connectivity index (χ3v) is 7.06. The molecule has 2 fully saturated rings. The predicted octanol–water partition coefficient (Wildman–Crippen LogP) is 4.50. The zero-order valence-electron chi connectivity index (χ0n) is 19.4. The van der Waals surface area contributed by atoms with Crippen LogP contribution in [0.1, 0.15) is 54.7 Å². The van der Waals surface area contributed by atoms with Crippen molar-refractivity contribution in [2.45, 2.75) is 59.4 Å². The first-order valence-corrected chi connectivity index (χ1v) is 11.6. The number of carbonyl (C=O) groups is 1. The molecule has 0 saturated carbocycles. The topological polar surface area (TPSA) is 58.8 Å². The average Bonchev–Trinajstić information content (AvgIpc) is 3.16. The summed E-state index contributed by atoms with van der Waals surface area (Å²) in [6, 6.07) is 3.99. The van der Waals surface area contributed by atoms with E-state index in [0.717, 1.165) is 92.3 Å². The minimum Gasteiger partial charge on any atom is -0.496 e. The molecule has 0 radical (unpaired) electrons. The van der Waals surface area contributed by atoms with E-state index in [4.69, 9.17) is 14.1 Å². The van der Waals surface area contributed by atoms with E-state index in [9.17, 15) is 4.79 Å². The van der Waals surface area contributed by atoms with Gasteiger partial charge in [-0.1, -0.05) is 0 Å². The summed E-state index contributed by atoms with van der Waals surface area (Å²) in [6.07, 6.45) is 5.46. The highest BCUT2D eigenvalue weighted by Gasteiger charge is 2.29. The Kier molecular flexibility index (Phi) is 6.65. The molecule has 1 amide bonds. The Balaban J connectivity index is 1.38. The van der Waals surface area contributed by atoms with Gasteiger partial charge in [0.05, 0.1) is 12.8 Å².